The van der Waals surface area contributed by atoms with Gasteiger partial charge >= 0.3 is 5.97 Å². The second-order valence-corrected chi connectivity index (χ2v) is 6.23. The standard InChI is InChI=1S/C21H26O5/c1-14-5-6-15(2)21(16(14)3)26-12-11-25-19-13-17(8-10-20(22)23)7-9-18(19)24-4/h5-7,9,13H,8,10-12H2,1-4H3,(H,22,23). The third-order valence-corrected chi connectivity index (χ3v) is 4.32. The summed E-state index contributed by atoms with van der Waals surface area (Å²) in [6.45, 7) is 6.91. The molecule has 5 nitrogen and oxygen atoms in total. The lowest BCUT2D eigenvalue weighted by atomic mass is 10.1. The molecule has 0 aliphatic heterocycles. The Morgan fingerprint density at radius 3 is 2.35 bits per heavy atom. The molecule has 2 aromatic rings. The summed E-state index contributed by atoms with van der Waals surface area (Å²) >= 11 is 0. The number of hydrogen-bond acceptors (Lipinski definition) is 4. The number of ether oxygens (including phenoxy) is 3. The molecule has 0 spiro atoms. The van der Waals surface area contributed by atoms with E-state index in [4.69, 9.17) is 19.3 Å². The Hall–Kier alpha value is -2.69. The third kappa shape index (κ3) is 5.15. The van der Waals surface area contributed by atoms with Gasteiger partial charge in [-0.25, -0.2) is 0 Å². The Labute approximate surface area is 154 Å². The highest BCUT2D eigenvalue weighted by atomic mass is 16.5. The van der Waals surface area contributed by atoms with E-state index in [0.717, 1.165) is 22.4 Å². The van der Waals surface area contributed by atoms with Crippen molar-refractivity contribution in [2.75, 3.05) is 20.3 Å². The molecular weight excluding hydrogens is 332 g/mol. The first-order valence-electron chi connectivity index (χ1n) is 8.63. The monoisotopic (exact) mass is 358 g/mol. The number of aliphatic carboxylic acids is 1. The molecule has 0 saturated carbocycles. The Balaban J connectivity index is 1.97. The molecule has 2 rings (SSSR count). The van der Waals surface area contributed by atoms with Gasteiger partial charge in [0.1, 0.15) is 19.0 Å². The van der Waals surface area contributed by atoms with Crippen LogP contribution in [0.5, 0.6) is 17.2 Å². The number of methoxy groups -OCH3 is 1. The van der Waals surface area contributed by atoms with E-state index in [0.29, 0.717) is 31.1 Å². The van der Waals surface area contributed by atoms with E-state index in [1.165, 1.54) is 5.56 Å². The van der Waals surface area contributed by atoms with Crippen LogP contribution in [0, 0.1) is 20.8 Å². The van der Waals surface area contributed by atoms with Crippen molar-refractivity contribution in [2.24, 2.45) is 0 Å². The predicted molar refractivity (Wildman–Crippen MR) is 101 cm³/mol. The lowest BCUT2D eigenvalue weighted by molar-refractivity contribution is -0.136. The van der Waals surface area contributed by atoms with Crippen LogP contribution in [0.25, 0.3) is 0 Å². The molecule has 0 bridgehead atoms. The van der Waals surface area contributed by atoms with Gasteiger partial charge in [0.2, 0.25) is 0 Å². The fraction of sp³-hybridized carbons (Fsp3) is 0.381. The highest BCUT2D eigenvalue weighted by Gasteiger charge is 2.09. The van der Waals surface area contributed by atoms with E-state index in [1.54, 1.807) is 13.2 Å². The second kappa shape index (κ2) is 9.13. The molecule has 0 atom stereocenters. The molecular formula is C21H26O5. The Morgan fingerprint density at radius 1 is 0.962 bits per heavy atom. The molecule has 0 heterocycles. The van der Waals surface area contributed by atoms with E-state index < -0.39 is 5.97 Å². The van der Waals surface area contributed by atoms with Crippen LogP contribution in [0.4, 0.5) is 0 Å². The molecule has 0 fully saturated rings. The maximum Gasteiger partial charge on any atom is 0.303 e. The van der Waals surface area contributed by atoms with E-state index >= 15 is 0 Å². The van der Waals surface area contributed by atoms with Gasteiger partial charge in [0.15, 0.2) is 11.5 Å². The normalized spacial score (nSPS) is 10.5. The van der Waals surface area contributed by atoms with Crippen molar-refractivity contribution >= 4 is 5.97 Å². The van der Waals surface area contributed by atoms with Crippen LogP contribution in [0.3, 0.4) is 0 Å². The van der Waals surface area contributed by atoms with Gasteiger partial charge < -0.3 is 19.3 Å². The topological polar surface area (TPSA) is 65.0 Å². The minimum absolute atomic E-state index is 0.0841. The quantitative estimate of drug-likeness (QED) is 0.684. The van der Waals surface area contributed by atoms with Crippen molar-refractivity contribution in [1.29, 1.82) is 0 Å². The second-order valence-electron chi connectivity index (χ2n) is 6.23. The lowest BCUT2D eigenvalue weighted by Crippen LogP contribution is -2.11. The van der Waals surface area contributed by atoms with Crippen LogP contribution in [0.2, 0.25) is 0 Å². The molecule has 140 valence electrons. The van der Waals surface area contributed by atoms with E-state index in [-0.39, 0.29) is 6.42 Å². The summed E-state index contributed by atoms with van der Waals surface area (Å²) in [5.74, 6) is 1.29. The number of carbonyl (C=O) groups is 1. The zero-order chi connectivity index (χ0) is 19.1. The SMILES string of the molecule is COc1ccc(CCC(=O)O)cc1OCCOc1c(C)ccc(C)c1C. The molecule has 26 heavy (non-hydrogen) atoms. The van der Waals surface area contributed by atoms with Crippen molar-refractivity contribution in [3.8, 4) is 17.2 Å². The van der Waals surface area contributed by atoms with Crippen molar-refractivity contribution in [3.63, 3.8) is 0 Å². The molecule has 0 radical (unpaired) electrons. The Kier molecular flexibility index (Phi) is 6.89. The van der Waals surface area contributed by atoms with Crippen LogP contribution in [0.1, 0.15) is 28.7 Å². The summed E-state index contributed by atoms with van der Waals surface area (Å²) in [6, 6.07) is 9.60. The number of aryl methyl sites for hydroxylation is 3. The summed E-state index contributed by atoms with van der Waals surface area (Å²) in [4.78, 5) is 10.7. The van der Waals surface area contributed by atoms with E-state index in [2.05, 4.69) is 13.0 Å². The van der Waals surface area contributed by atoms with Gasteiger partial charge in [-0.1, -0.05) is 18.2 Å². The number of rotatable bonds is 9. The number of hydrogen-bond donors (Lipinski definition) is 1. The highest BCUT2D eigenvalue weighted by Crippen LogP contribution is 2.29. The highest BCUT2D eigenvalue weighted by molar-refractivity contribution is 5.67. The van der Waals surface area contributed by atoms with Crippen molar-refractivity contribution in [1.82, 2.24) is 0 Å². The van der Waals surface area contributed by atoms with Crippen LogP contribution in [0.15, 0.2) is 30.3 Å². The van der Waals surface area contributed by atoms with Gasteiger partial charge in [-0.15, -0.1) is 0 Å². The Morgan fingerprint density at radius 2 is 1.65 bits per heavy atom. The van der Waals surface area contributed by atoms with Crippen LogP contribution < -0.4 is 14.2 Å². The van der Waals surface area contributed by atoms with Crippen molar-refractivity contribution in [3.05, 3.63) is 52.6 Å². The summed E-state index contributed by atoms with van der Waals surface area (Å²) < 4.78 is 17.0. The van der Waals surface area contributed by atoms with Crippen molar-refractivity contribution in [2.45, 2.75) is 33.6 Å². The minimum Gasteiger partial charge on any atom is -0.493 e. The number of carboxylic acid groups (broad SMARTS) is 1. The van der Waals surface area contributed by atoms with Gasteiger partial charge in [0, 0.05) is 6.42 Å². The molecule has 5 heteroatoms. The average Bonchev–Trinajstić information content (AvgIpc) is 2.62. The summed E-state index contributed by atoms with van der Waals surface area (Å²) in [7, 11) is 1.58. The van der Waals surface area contributed by atoms with Crippen LogP contribution in [-0.2, 0) is 11.2 Å². The van der Waals surface area contributed by atoms with Crippen LogP contribution >= 0.6 is 0 Å². The summed E-state index contributed by atoms with van der Waals surface area (Å²) in [5, 5.41) is 8.82. The zero-order valence-electron chi connectivity index (χ0n) is 15.8. The zero-order valence-corrected chi connectivity index (χ0v) is 15.8. The van der Waals surface area contributed by atoms with Crippen molar-refractivity contribution < 1.29 is 24.1 Å². The Bertz CT molecular complexity index is 767. The van der Waals surface area contributed by atoms with Gasteiger partial charge in [-0.2, -0.15) is 0 Å². The smallest absolute Gasteiger partial charge is 0.303 e. The lowest BCUT2D eigenvalue weighted by Gasteiger charge is -2.15. The minimum atomic E-state index is -0.819. The van der Waals surface area contributed by atoms with Gasteiger partial charge in [0.05, 0.1) is 7.11 Å². The van der Waals surface area contributed by atoms with E-state index in [1.807, 2.05) is 32.0 Å². The summed E-state index contributed by atoms with van der Waals surface area (Å²) in [6.07, 6.45) is 0.536. The van der Waals surface area contributed by atoms with Gasteiger partial charge in [-0.3, -0.25) is 4.79 Å². The molecule has 0 aromatic heterocycles. The first-order chi connectivity index (χ1) is 12.4. The molecule has 0 aliphatic carbocycles. The number of benzene rings is 2. The average molecular weight is 358 g/mol. The maximum atomic E-state index is 10.7. The molecule has 0 saturated heterocycles. The number of carboxylic acids is 1. The first kappa shape index (κ1) is 19.6. The largest absolute Gasteiger partial charge is 0.493 e. The first-order valence-corrected chi connectivity index (χ1v) is 8.63. The van der Waals surface area contributed by atoms with Gasteiger partial charge in [0.25, 0.3) is 0 Å². The van der Waals surface area contributed by atoms with Crippen LogP contribution in [-0.4, -0.2) is 31.4 Å². The molecule has 1 N–H and O–H groups in total. The molecule has 0 amide bonds. The maximum absolute atomic E-state index is 10.7. The third-order valence-electron chi connectivity index (χ3n) is 4.32. The van der Waals surface area contributed by atoms with E-state index in [9.17, 15) is 4.79 Å². The molecule has 0 aliphatic rings. The summed E-state index contributed by atoms with van der Waals surface area (Å²) in [5.41, 5.74) is 4.33. The molecule has 0 unspecified atom stereocenters. The molecule has 2 aromatic carbocycles. The predicted octanol–water partition coefficient (Wildman–Crippen LogP) is 4.10. The fourth-order valence-electron chi connectivity index (χ4n) is 2.68. The fourth-order valence-corrected chi connectivity index (χ4v) is 2.68. The van der Waals surface area contributed by atoms with Gasteiger partial charge in [-0.05, 0) is 61.6 Å².